The lowest BCUT2D eigenvalue weighted by Gasteiger charge is -2.37. The molecule has 0 aliphatic carbocycles. The predicted octanol–water partition coefficient (Wildman–Crippen LogP) is 2.31. The average molecular weight is 294 g/mol. The molecule has 0 aromatic carbocycles. The van der Waals surface area contributed by atoms with Crippen molar-refractivity contribution in [2.45, 2.75) is 6.92 Å². The first-order chi connectivity index (χ1) is 7.09. The minimum Gasteiger partial charge on any atom is -0.476 e. The molecular formula is C9H10BrClN2O2. The van der Waals surface area contributed by atoms with Gasteiger partial charge >= 0.3 is 0 Å². The second kappa shape index (κ2) is 4.23. The van der Waals surface area contributed by atoms with Crippen LogP contribution in [0.15, 0.2) is 10.7 Å². The van der Waals surface area contributed by atoms with E-state index in [0.29, 0.717) is 17.0 Å². The first-order valence-corrected chi connectivity index (χ1v) is 5.65. The van der Waals surface area contributed by atoms with Gasteiger partial charge in [0.15, 0.2) is 0 Å². The summed E-state index contributed by atoms with van der Waals surface area (Å²) in [4.78, 5) is 7.80. The van der Waals surface area contributed by atoms with Gasteiger partial charge in [0, 0.05) is 11.6 Å². The van der Waals surface area contributed by atoms with Crippen LogP contribution in [0.1, 0.15) is 6.92 Å². The Labute approximate surface area is 101 Å². The van der Waals surface area contributed by atoms with E-state index in [-0.39, 0.29) is 10.7 Å². The molecule has 1 aromatic rings. The maximum absolute atomic E-state index is 5.67. The summed E-state index contributed by atoms with van der Waals surface area (Å²) in [5.41, 5.74) is 0.0941. The molecule has 0 unspecified atom stereocenters. The van der Waals surface area contributed by atoms with Crippen molar-refractivity contribution in [1.29, 1.82) is 0 Å². The molecule has 2 heterocycles. The van der Waals surface area contributed by atoms with Crippen LogP contribution in [0.5, 0.6) is 5.88 Å². The van der Waals surface area contributed by atoms with Gasteiger partial charge in [0.05, 0.1) is 24.3 Å². The van der Waals surface area contributed by atoms with Crippen molar-refractivity contribution in [3.8, 4) is 5.88 Å². The third-order valence-corrected chi connectivity index (χ3v) is 2.87. The lowest BCUT2D eigenvalue weighted by atomic mass is 9.90. The molecule has 0 amide bonds. The van der Waals surface area contributed by atoms with Gasteiger partial charge < -0.3 is 9.47 Å². The summed E-state index contributed by atoms with van der Waals surface area (Å²) >= 11 is 8.97. The van der Waals surface area contributed by atoms with E-state index >= 15 is 0 Å². The fraction of sp³-hybridized carbons (Fsp3) is 0.556. The second-order valence-corrected chi connectivity index (χ2v) is 5.08. The highest BCUT2D eigenvalue weighted by Gasteiger charge is 2.34. The number of ether oxygens (including phenoxy) is 2. The molecule has 0 N–H and O–H groups in total. The molecule has 82 valence electrons. The van der Waals surface area contributed by atoms with Crippen molar-refractivity contribution < 1.29 is 9.47 Å². The maximum atomic E-state index is 5.67. The van der Waals surface area contributed by atoms with Gasteiger partial charge in [-0.1, -0.05) is 6.92 Å². The summed E-state index contributed by atoms with van der Waals surface area (Å²) in [6.45, 7) is 4.12. The molecule has 0 radical (unpaired) electrons. The number of halogens is 2. The fourth-order valence-electron chi connectivity index (χ4n) is 1.21. The Kier molecular flexibility index (Phi) is 3.13. The molecule has 1 aliphatic rings. The Morgan fingerprint density at radius 3 is 3.00 bits per heavy atom. The third-order valence-electron chi connectivity index (χ3n) is 2.14. The number of hydrogen-bond acceptors (Lipinski definition) is 4. The first kappa shape index (κ1) is 11.1. The van der Waals surface area contributed by atoms with Crippen LogP contribution in [0.3, 0.4) is 0 Å². The summed E-state index contributed by atoms with van der Waals surface area (Å²) in [6.07, 6.45) is 1.57. The second-order valence-electron chi connectivity index (χ2n) is 3.88. The monoisotopic (exact) mass is 292 g/mol. The molecule has 0 saturated carbocycles. The number of rotatable bonds is 3. The van der Waals surface area contributed by atoms with Crippen LogP contribution >= 0.6 is 27.5 Å². The van der Waals surface area contributed by atoms with Gasteiger partial charge in [-0.05, 0) is 27.5 Å². The summed E-state index contributed by atoms with van der Waals surface area (Å²) in [6, 6.07) is 0. The first-order valence-electron chi connectivity index (χ1n) is 4.48. The predicted molar refractivity (Wildman–Crippen MR) is 59.2 cm³/mol. The van der Waals surface area contributed by atoms with E-state index in [1.807, 2.05) is 0 Å². The SMILES string of the molecule is CC1(COc2nc(Cl)ncc2Br)COC1. The van der Waals surface area contributed by atoms with Crippen LogP contribution in [0.25, 0.3) is 0 Å². The minimum absolute atomic E-state index is 0.0941. The highest BCUT2D eigenvalue weighted by Crippen LogP contribution is 2.29. The highest BCUT2D eigenvalue weighted by atomic mass is 79.9. The van der Waals surface area contributed by atoms with Gasteiger partial charge in [0.2, 0.25) is 11.2 Å². The molecule has 1 saturated heterocycles. The Hall–Kier alpha value is -0.390. The van der Waals surface area contributed by atoms with E-state index in [2.05, 4.69) is 32.8 Å². The largest absolute Gasteiger partial charge is 0.476 e. The normalized spacial score (nSPS) is 18.3. The van der Waals surface area contributed by atoms with E-state index in [9.17, 15) is 0 Å². The van der Waals surface area contributed by atoms with Crippen LogP contribution in [-0.2, 0) is 4.74 Å². The van der Waals surface area contributed by atoms with Gasteiger partial charge in [0.25, 0.3) is 0 Å². The van der Waals surface area contributed by atoms with E-state index in [0.717, 1.165) is 13.2 Å². The zero-order valence-electron chi connectivity index (χ0n) is 8.17. The van der Waals surface area contributed by atoms with Crippen LogP contribution in [-0.4, -0.2) is 29.8 Å². The molecule has 4 nitrogen and oxygen atoms in total. The molecule has 15 heavy (non-hydrogen) atoms. The standard InChI is InChI=1S/C9H10BrClN2O2/c1-9(3-14-4-9)5-15-7-6(10)2-12-8(11)13-7/h2H,3-5H2,1H3. The van der Waals surface area contributed by atoms with E-state index in [4.69, 9.17) is 21.1 Å². The van der Waals surface area contributed by atoms with E-state index < -0.39 is 0 Å². The van der Waals surface area contributed by atoms with E-state index in [1.54, 1.807) is 6.20 Å². The Bertz CT molecular complexity index is 371. The van der Waals surface area contributed by atoms with Gasteiger partial charge in [-0.2, -0.15) is 4.98 Å². The average Bonchev–Trinajstić information content (AvgIpc) is 2.17. The molecule has 0 atom stereocenters. The zero-order chi connectivity index (χ0) is 10.9. The minimum atomic E-state index is 0.0941. The van der Waals surface area contributed by atoms with Crippen molar-refractivity contribution in [2.75, 3.05) is 19.8 Å². The number of hydrogen-bond donors (Lipinski definition) is 0. The maximum Gasteiger partial charge on any atom is 0.232 e. The van der Waals surface area contributed by atoms with Gasteiger partial charge in [-0.25, -0.2) is 4.98 Å². The van der Waals surface area contributed by atoms with Crippen LogP contribution in [0.2, 0.25) is 5.28 Å². The van der Waals surface area contributed by atoms with Gasteiger partial charge in [-0.3, -0.25) is 0 Å². The van der Waals surface area contributed by atoms with Crippen LogP contribution in [0, 0.1) is 5.41 Å². The molecule has 1 fully saturated rings. The zero-order valence-corrected chi connectivity index (χ0v) is 10.5. The lowest BCUT2D eigenvalue weighted by Crippen LogP contribution is -2.44. The summed E-state index contributed by atoms with van der Waals surface area (Å²) in [7, 11) is 0. The van der Waals surface area contributed by atoms with Crippen molar-refractivity contribution >= 4 is 27.5 Å². The van der Waals surface area contributed by atoms with E-state index in [1.165, 1.54) is 0 Å². The van der Waals surface area contributed by atoms with Crippen molar-refractivity contribution in [1.82, 2.24) is 9.97 Å². The van der Waals surface area contributed by atoms with Gasteiger partial charge in [-0.15, -0.1) is 0 Å². The van der Waals surface area contributed by atoms with Crippen molar-refractivity contribution in [2.24, 2.45) is 5.41 Å². The highest BCUT2D eigenvalue weighted by molar-refractivity contribution is 9.10. The van der Waals surface area contributed by atoms with Crippen molar-refractivity contribution in [3.63, 3.8) is 0 Å². The molecule has 1 aromatic heterocycles. The lowest BCUT2D eigenvalue weighted by molar-refractivity contribution is -0.120. The van der Waals surface area contributed by atoms with Crippen LogP contribution in [0.4, 0.5) is 0 Å². The Morgan fingerprint density at radius 2 is 2.40 bits per heavy atom. The Morgan fingerprint density at radius 1 is 1.67 bits per heavy atom. The van der Waals surface area contributed by atoms with Gasteiger partial charge in [0.1, 0.15) is 0 Å². The molecule has 0 bridgehead atoms. The Balaban J connectivity index is 2.01. The molecular weight excluding hydrogens is 283 g/mol. The summed E-state index contributed by atoms with van der Waals surface area (Å²) < 4.78 is 11.4. The topological polar surface area (TPSA) is 44.2 Å². The molecule has 0 spiro atoms. The summed E-state index contributed by atoms with van der Waals surface area (Å²) in [5.74, 6) is 0.475. The fourth-order valence-corrected chi connectivity index (χ4v) is 1.64. The quantitative estimate of drug-likeness (QED) is 0.802. The number of aromatic nitrogens is 2. The smallest absolute Gasteiger partial charge is 0.232 e. The molecule has 1 aliphatic heterocycles. The van der Waals surface area contributed by atoms with Crippen LogP contribution < -0.4 is 4.74 Å². The molecule has 6 heteroatoms. The van der Waals surface area contributed by atoms with Crippen molar-refractivity contribution in [3.05, 3.63) is 16.0 Å². The molecule has 2 rings (SSSR count). The third kappa shape index (κ3) is 2.59. The number of nitrogens with zero attached hydrogens (tertiary/aromatic N) is 2. The summed E-state index contributed by atoms with van der Waals surface area (Å²) in [5, 5.41) is 0.184.